The van der Waals surface area contributed by atoms with E-state index in [1.165, 1.54) is 5.56 Å². The number of carbonyl (C=O) groups excluding carboxylic acids is 1. The average Bonchev–Trinajstić information content (AvgIpc) is 2.63. The van der Waals surface area contributed by atoms with Crippen molar-refractivity contribution < 1.29 is 4.79 Å². The van der Waals surface area contributed by atoms with Crippen molar-refractivity contribution in [3.8, 4) is 0 Å². The first-order chi connectivity index (χ1) is 7.66. The van der Waals surface area contributed by atoms with Gasteiger partial charge in [-0.3, -0.25) is 4.79 Å². The minimum absolute atomic E-state index is 0.00805. The molecule has 1 aromatic rings. The molecule has 86 valence electrons. The van der Waals surface area contributed by atoms with Crippen LogP contribution in [-0.2, 0) is 4.79 Å². The van der Waals surface area contributed by atoms with Gasteiger partial charge < -0.3 is 5.32 Å². The second kappa shape index (κ2) is 5.50. The monoisotopic (exact) mass is 217 g/mol. The molecule has 1 amide bonds. The van der Waals surface area contributed by atoms with E-state index in [0.29, 0.717) is 0 Å². The Morgan fingerprint density at radius 3 is 2.12 bits per heavy atom. The molecule has 0 saturated heterocycles. The number of benzene rings is 1. The fourth-order valence-corrected chi connectivity index (χ4v) is 1.52. The van der Waals surface area contributed by atoms with Crippen LogP contribution >= 0.6 is 0 Å². The molecule has 1 heterocycles. The van der Waals surface area contributed by atoms with Crippen molar-refractivity contribution in [2.75, 3.05) is 0 Å². The third-order valence-electron chi connectivity index (χ3n) is 2.45. The summed E-state index contributed by atoms with van der Waals surface area (Å²) < 4.78 is 0. The van der Waals surface area contributed by atoms with Crippen LogP contribution < -0.4 is 5.32 Å². The van der Waals surface area contributed by atoms with Crippen LogP contribution in [0.5, 0.6) is 0 Å². The summed E-state index contributed by atoms with van der Waals surface area (Å²) in [6.45, 7) is 7.95. The highest BCUT2D eigenvalue weighted by Gasteiger charge is 2.20. The molecule has 16 heavy (non-hydrogen) atoms. The van der Waals surface area contributed by atoms with E-state index in [1.54, 1.807) is 0 Å². The zero-order valence-corrected chi connectivity index (χ0v) is 10.4. The Morgan fingerprint density at radius 2 is 1.69 bits per heavy atom. The topological polar surface area (TPSA) is 29.1 Å². The van der Waals surface area contributed by atoms with Crippen LogP contribution in [0.4, 0.5) is 0 Å². The number of hydrogen-bond acceptors (Lipinski definition) is 1. The minimum Gasteiger partial charge on any atom is -0.325 e. The normalized spacial score (nSPS) is 18.4. The Balaban J connectivity index is 0.000000606. The summed E-state index contributed by atoms with van der Waals surface area (Å²) in [4.78, 5) is 11.3. The summed E-state index contributed by atoms with van der Waals surface area (Å²) in [5, 5.41) is 2.86. The summed E-state index contributed by atoms with van der Waals surface area (Å²) in [6, 6.07) is 8.15. The predicted molar refractivity (Wildman–Crippen MR) is 67.8 cm³/mol. The molecule has 1 N–H and O–H groups in total. The molecule has 1 aromatic carbocycles. The first kappa shape index (κ1) is 12.5. The fraction of sp³-hybridized carbons (Fsp3) is 0.357. The molecular formula is C14H19NO. The fourth-order valence-electron chi connectivity index (χ4n) is 1.52. The maximum absolute atomic E-state index is 11.3. The van der Waals surface area contributed by atoms with E-state index in [0.717, 1.165) is 11.3 Å². The Morgan fingerprint density at radius 1 is 1.12 bits per heavy atom. The maximum Gasteiger partial charge on any atom is 0.231 e. The first-order valence-corrected chi connectivity index (χ1v) is 5.76. The molecule has 0 radical (unpaired) electrons. The van der Waals surface area contributed by atoms with Crippen molar-refractivity contribution in [1.29, 1.82) is 0 Å². The zero-order chi connectivity index (χ0) is 12.1. The van der Waals surface area contributed by atoms with E-state index < -0.39 is 0 Å². The molecular weight excluding hydrogens is 198 g/mol. The molecule has 0 aliphatic carbocycles. The summed E-state index contributed by atoms with van der Waals surface area (Å²) in [5.41, 5.74) is 3.24. The van der Waals surface area contributed by atoms with Gasteiger partial charge in [-0.15, -0.1) is 0 Å². The third kappa shape index (κ3) is 2.72. The molecule has 0 fully saturated rings. The largest absolute Gasteiger partial charge is 0.325 e. The first-order valence-electron chi connectivity index (χ1n) is 5.76. The molecule has 1 unspecified atom stereocenters. The average molecular weight is 217 g/mol. The van der Waals surface area contributed by atoms with Crippen molar-refractivity contribution in [3.05, 3.63) is 41.5 Å². The number of amides is 1. The molecule has 0 saturated carbocycles. The Kier molecular flexibility index (Phi) is 4.29. The molecule has 1 aliphatic rings. The van der Waals surface area contributed by atoms with Gasteiger partial charge in [0.2, 0.25) is 5.91 Å². The van der Waals surface area contributed by atoms with E-state index in [2.05, 4.69) is 5.32 Å². The second-order valence-corrected chi connectivity index (χ2v) is 3.72. The summed E-state index contributed by atoms with van der Waals surface area (Å²) >= 11 is 0. The molecule has 0 bridgehead atoms. The van der Waals surface area contributed by atoms with E-state index in [4.69, 9.17) is 0 Å². The molecule has 0 aromatic heterocycles. The van der Waals surface area contributed by atoms with Crippen LogP contribution in [0, 0.1) is 12.8 Å². The quantitative estimate of drug-likeness (QED) is 0.769. The highest BCUT2D eigenvalue weighted by Crippen LogP contribution is 2.20. The Bertz CT molecular complexity index is 390. The molecule has 2 rings (SSSR count). The van der Waals surface area contributed by atoms with Gasteiger partial charge in [0.05, 0.1) is 5.92 Å². The molecule has 0 spiro atoms. The van der Waals surface area contributed by atoms with E-state index >= 15 is 0 Å². The summed E-state index contributed by atoms with van der Waals surface area (Å²) in [6.07, 6.45) is 1.97. The maximum atomic E-state index is 11.3. The van der Waals surface area contributed by atoms with Gasteiger partial charge in [-0.25, -0.2) is 0 Å². The van der Waals surface area contributed by atoms with Crippen LogP contribution in [-0.4, -0.2) is 5.91 Å². The lowest BCUT2D eigenvalue weighted by molar-refractivity contribution is -0.121. The summed E-state index contributed by atoms with van der Waals surface area (Å²) in [7, 11) is 0. The van der Waals surface area contributed by atoms with Crippen LogP contribution in [0.25, 0.3) is 5.70 Å². The smallest absolute Gasteiger partial charge is 0.231 e. The zero-order valence-electron chi connectivity index (χ0n) is 10.4. The number of carbonyl (C=O) groups is 1. The van der Waals surface area contributed by atoms with Crippen molar-refractivity contribution in [1.82, 2.24) is 5.32 Å². The van der Waals surface area contributed by atoms with Gasteiger partial charge in [-0.2, -0.15) is 0 Å². The van der Waals surface area contributed by atoms with E-state index in [1.807, 2.05) is 58.0 Å². The van der Waals surface area contributed by atoms with Gasteiger partial charge in [0.15, 0.2) is 0 Å². The van der Waals surface area contributed by atoms with Crippen molar-refractivity contribution in [2.24, 2.45) is 5.92 Å². The Labute approximate surface area is 97.4 Å². The van der Waals surface area contributed by atoms with Gasteiger partial charge in [0.1, 0.15) is 0 Å². The van der Waals surface area contributed by atoms with Crippen LogP contribution in [0.2, 0.25) is 0 Å². The van der Waals surface area contributed by atoms with Gasteiger partial charge in [0.25, 0.3) is 0 Å². The molecule has 2 nitrogen and oxygen atoms in total. The third-order valence-corrected chi connectivity index (χ3v) is 2.45. The molecule has 1 atom stereocenters. The van der Waals surface area contributed by atoms with Gasteiger partial charge in [-0.05, 0) is 25.5 Å². The van der Waals surface area contributed by atoms with Crippen LogP contribution in [0.15, 0.2) is 30.3 Å². The second-order valence-electron chi connectivity index (χ2n) is 3.72. The minimum atomic E-state index is -0.00805. The van der Waals surface area contributed by atoms with E-state index in [9.17, 15) is 4.79 Å². The molecule has 2 heteroatoms. The van der Waals surface area contributed by atoms with Crippen LogP contribution in [0.1, 0.15) is 31.9 Å². The van der Waals surface area contributed by atoms with Crippen molar-refractivity contribution in [2.45, 2.75) is 27.7 Å². The molecule has 1 aliphatic heterocycles. The summed E-state index contributed by atoms with van der Waals surface area (Å²) in [5.74, 6) is 0.0758. The Hall–Kier alpha value is -1.57. The van der Waals surface area contributed by atoms with E-state index in [-0.39, 0.29) is 11.8 Å². The highest BCUT2D eigenvalue weighted by atomic mass is 16.2. The lowest BCUT2D eigenvalue weighted by Gasteiger charge is -2.03. The standard InChI is InChI=1S/C12H13NO.C2H6/c1-8-3-5-10(6-4-8)11-7-9(2)12(14)13-11;1-2/h3-7,9H,1-2H3,(H,13,14);1-2H3. The van der Waals surface area contributed by atoms with Crippen LogP contribution in [0.3, 0.4) is 0 Å². The lowest BCUT2D eigenvalue weighted by Crippen LogP contribution is -2.18. The van der Waals surface area contributed by atoms with Crippen molar-refractivity contribution >= 4 is 11.6 Å². The lowest BCUT2D eigenvalue weighted by atomic mass is 10.1. The number of nitrogens with one attached hydrogen (secondary N) is 1. The number of aryl methyl sites for hydroxylation is 1. The number of hydrogen-bond donors (Lipinski definition) is 1. The van der Waals surface area contributed by atoms with Crippen molar-refractivity contribution in [3.63, 3.8) is 0 Å². The highest BCUT2D eigenvalue weighted by molar-refractivity contribution is 5.95. The van der Waals surface area contributed by atoms with Gasteiger partial charge >= 0.3 is 0 Å². The predicted octanol–water partition coefficient (Wildman–Crippen LogP) is 3.13. The number of rotatable bonds is 1. The SMILES string of the molecule is CC.Cc1ccc(C2=CC(C)C(=O)N2)cc1. The van der Waals surface area contributed by atoms with Gasteiger partial charge in [-0.1, -0.05) is 43.7 Å². The van der Waals surface area contributed by atoms with Gasteiger partial charge in [0, 0.05) is 5.70 Å².